The van der Waals surface area contributed by atoms with Gasteiger partial charge in [0.2, 0.25) is 0 Å². The first-order valence-electron chi connectivity index (χ1n) is 8.84. The van der Waals surface area contributed by atoms with Gasteiger partial charge in [-0.25, -0.2) is 20.1 Å². The summed E-state index contributed by atoms with van der Waals surface area (Å²) in [6.45, 7) is 7.10. The Labute approximate surface area is 151 Å². The minimum absolute atomic E-state index is 0.125. The average molecular weight is 370 g/mol. The highest BCUT2D eigenvalue weighted by atomic mass is 16.7. The van der Waals surface area contributed by atoms with Crippen LogP contribution >= 0.6 is 0 Å². The van der Waals surface area contributed by atoms with Crippen LogP contribution in [0.15, 0.2) is 0 Å². The number of hydroxylamine groups is 3. The number of amides is 4. The molecule has 10 heteroatoms. The molecular formula is C16H26N4O6. The zero-order chi connectivity index (χ0) is 19.1. The number of hydrogen-bond acceptors (Lipinski definition) is 6. The van der Waals surface area contributed by atoms with Crippen LogP contribution in [0.3, 0.4) is 0 Å². The fourth-order valence-corrected chi connectivity index (χ4v) is 3.37. The number of carbonyl (C=O) groups is 3. The summed E-state index contributed by atoms with van der Waals surface area (Å²) >= 11 is 0. The van der Waals surface area contributed by atoms with E-state index in [1.807, 2.05) is 20.8 Å². The van der Waals surface area contributed by atoms with Crippen LogP contribution in [0.5, 0.6) is 0 Å². The Kier molecular flexibility index (Phi) is 4.98. The quantitative estimate of drug-likeness (QED) is 0.552. The van der Waals surface area contributed by atoms with Crippen LogP contribution in [-0.2, 0) is 14.4 Å². The van der Waals surface area contributed by atoms with Gasteiger partial charge in [-0.1, -0.05) is 0 Å². The van der Waals surface area contributed by atoms with Gasteiger partial charge in [0, 0.05) is 25.6 Å². The summed E-state index contributed by atoms with van der Waals surface area (Å²) in [6.07, 6.45) is 0.707. The largest absolute Gasteiger partial charge is 0.444 e. The topological polar surface area (TPSA) is 112 Å². The van der Waals surface area contributed by atoms with E-state index in [2.05, 4.69) is 5.48 Å². The lowest BCUT2D eigenvalue weighted by molar-refractivity contribution is -0.141. The number of carbonyl (C=O) groups excluding carboxylic acids is 3. The van der Waals surface area contributed by atoms with Gasteiger partial charge in [0.05, 0.1) is 12.6 Å². The maximum Gasteiger partial charge on any atom is 0.410 e. The lowest BCUT2D eigenvalue weighted by atomic mass is 10.0. The van der Waals surface area contributed by atoms with Gasteiger partial charge >= 0.3 is 12.1 Å². The molecule has 0 aromatic heterocycles. The minimum Gasteiger partial charge on any atom is -0.444 e. The third-order valence-corrected chi connectivity index (χ3v) is 4.75. The second-order valence-electron chi connectivity index (χ2n) is 8.06. The Bertz CT molecular complexity index is 586. The van der Waals surface area contributed by atoms with E-state index in [4.69, 9.17) is 9.57 Å². The molecule has 3 heterocycles. The molecule has 146 valence electrons. The summed E-state index contributed by atoms with van der Waals surface area (Å²) in [5, 5.41) is 10.3. The number of hydrogen-bond donors (Lipinski definition) is 2. The summed E-state index contributed by atoms with van der Waals surface area (Å²) in [5.41, 5.74) is 1.86. The van der Waals surface area contributed by atoms with E-state index in [1.54, 1.807) is 4.90 Å². The van der Waals surface area contributed by atoms with E-state index in [0.717, 1.165) is 0 Å². The number of nitrogens with one attached hydrogen (secondary N) is 1. The van der Waals surface area contributed by atoms with Crippen LogP contribution in [0, 0.1) is 5.92 Å². The monoisotopic (exact) mass is 370 g/mol. The van der Waals surface area contributed by atoms with Crippen molar-refractivity contribution >= 4 is 18.0 Å². The van der Waals surface area contributed by atoms with Gasteiger partial charge < -0.3 is 14.5 Å². The van der Waals surface area contributed by atoms with E-state index < -0.39 is 23.6 Å². The molecule has 0 unspecified atom stereocenters. The van der Waals surface area contributed by atoms with Crippen molar-refractivity contribution in [2.45, 2.75) is 51.3 Å². The lowest BCUT2D eigenvalue weighted by Gasteiger charge is -2.39. The maximum absolute atomic E-state index is 12.2. The summed E-state index contributed by atoms with van der Waals surface area (Å²) in [6, 6.07) is -1.41. The van der Waals surface area contributed by atoms with E-state index in [1.165, 1.54) is 4.90 Å². The molecule has 0 aromatic rings. The molecule has 3 fully saturated rings. The van der Waals surface area contributed by atoms with Gasteiger partial charge in [-0.3, -0.25) is 14.8 Å². The first-order valence-corrected chi connectivity index (χ1v) is 8.84. The van der Waals surface area contributed by atoms with E-state index >= 15 is 0 Å². The van der Waals surface area contributed by atoms with Gasteiger partial charge in [-0.15, -0.1) is 0 Å². The number of piperidine rings is 1. The molecule has 4 amide bonds. The number of urea groups is 1. The number of rotatable bonds is 4. The SMILES string of the molecule is CC(C)(C)OC(=O)N1CC(CONC(=O)[C@@H]2CC[C@@H]3CN2C(=O)N3O)C1. The summed E-state index contributed by atoms with van der Waals surface area (Å²) in [4.78, 5) is 44.2. The molecule has 2 N–H and O–H groups in total. The predicted octanol–water partition coefficient (Wildman–Crippen LogP) is 0.559. The van der Waals surface area contributed by atoms with Crippen molar-refractivity contribution in [2.24, 2.45) is 5.92 Å². The molecule has 0 saturated carbocycles. The van der Waals surface area contributed by atoms with Crippen molar-refractivity contribution in [1.29, 1.82) is 0 Å². The van der Waals surface area contributed by atoms with Crippen LogP contribution in [0.25, 0.3) is 0 Å². The number of fused-ring (bicyclic) bond motifs is 2. The normalized spacial score (nSPS) is 26.0. The predicted molar refractivity (Wildman–Crippen MR) is 87.9 cm³/mol. The molecule has 0 radical (unpaired) electrons. The molecule has 2 bridgehead atoms. The van der Waals surface area contributed by atoms with Gasteiger partial charge in [-0.05, 0) is 33.6 Å². The van der Waals surface area contributed by atoms with Gasteiger partial charge in [-0.2, -0.15) is 0 Å². The first kappa shape index (κ1) is 18.7. The smallest absolute Gasteiger partial charge is 0.410 e. The summed E-state index contributed by atoms with van der Waals surface area (Å²) in [7, 11) is 0. The van der Waals surface area contributed by atoms with E-state index in [0.29, 0.717) is 37.5 Å². The lowest BCUT2D eigenvalue weighted by Crippen LogP contribution is -2.54. The molecule has 0 aromatic carbocycles. The Morgan fingerprint density at radius 3 is 2.58 bits per heavy atom. The standard InChI is InChI=1S/C16H26N4O6/c1-16(2,3)26-15(23)18-6-10(7-18)9-25-17-13(21)12-5-4-11-8-19(12)14(22)20(11)24/h10-12,24H,4-9H2,1-3H3,(H,17,21)/t11-,12+/m1/s1. The summed E-state index contributed by atoms with van der Waals surface area (Å²) < 4.78 is 5.27. The van der Waals surface area contributed by atoms with Crippen molar-refractivity contribution in [2.75, 3.05) is 26.2 Å². The van der Waals surface area contributed by atoms with Crippen molar-refractivity contribution in [3.05, 3.63) is 0 Å². The number of ether oxygens (including phenoxy) is 1. The first-order chi connectivity index (χ1) is 12.2. The maximum atomic E-state index is 12.2. The van der Waals surface area contributed by atoms with Crippen LogP contribution < -0.4 is 5.48 Å². The van der Waals surface area contributed by atoms with Gasteiger partial charge in [0.25, 0.3) is 5.91 Å². The van der Waals surface area contributed by atoms with Crippen molar-refractivity contribution < 1.29 is 29.2 Å². The van der Waals surface area contributed by atoms with Crippen molar-refractivity contribution in [1.82, 2.24) is 20.3 Å². The Morgan fingerprint density at radius 2 is 1.92 bits per heavy atom. The molecule has 10 nitrogen and oxygen atoms in total. The number of nitrogens with zero attached hydrogens (tertiary/aromatic N) is 3. The second kappa shape index (κ2) is 6.92. The molecule has 26 heavy (non-hydrogen) atoms. The minimum atomic E-state index is -0.629. The van der Waals surface area contributed by atoms with E-state index in [-0.39, 0.29) is 24.7 Å². The molecule has 3 aliphatic heterocycles. The van der Waals surface area contributed by atoms with Crippen molar-refractivity contribution in [3.63, 3.8) is 0 Å². The fraction of sp³-hybridized carbons (Fsp3) is 0.812. The zero-order valence-electron chi connectivity index (χ0n) is 15.3. The second-order valence-corrected chi connectivity index (χ2v) is 8.06. The third-order valence-electron chi connectivity index (χ3n) is 4.75. The van der Waals surface area contributed by atoms with Gasteiger partial charge in [0.15, 0.2) is 0 Å². The molecule has 3 saturated heterocycles. The molecular weight excluding hydrogens is 344 g/mol. The molecule has 3 aliphatic rings. The summed E-state index contributed by atoms with van der Waals surface area (Å²) in [5.74, 6) is -0.268. The Hall–Kier alpha value is -2.07. The van der Waals surface area contributed by atoms with Gasteiger partial charge in [0.1, 0.15) is 11.6 Å². The molecule has 0 aliphatic carbocycles. The highest BCUT2D eigenvalue weighted by Crippen LogP contribution is 2.28. The molecule has 0 spiro atoms. The van der Waals surface area contributed by atoms with Crippen LogP contribution in [0.1, 0.15) is 33.6 Å². The average Bonchev–Trinajstić information content (AvgIpc) is 2.72. The highest BCUT2D eigenvalue weighted by molar-refractivity contribution is 5.87. The number of likely N-dealkylation sites (tertiary alicyclic amines) is 1. The Balaban J connectivity index is 1.36. The third kappa shape index (κ3) is 3.85. The van der Waals surface area contributed by atoms with Crippen molar-refractivity contribution in [3.8, 4) is 0 Å². The van der Waals surface area contributed by atoms with E-state index in [9.17, 15) is 19.6 Å². The molecule has 3 rings (SSSR count). The fourth-order valence-electron chi connectivity index (χ4n) is 3.37. The zero-order valence-corrected chi connectivity index (χ0v) is 15.3. The highest BCUT2D eigenvalue weighted by Gasteiger charge is 2.47. The van der Waals surface area contributed by atoms with Crippen LogP contribution in [0.4, 0.5) is 9.59 Å². The Morgan fingerprint density at radius 1 is 1.23 bits per heavy atom. The molecule has 2 atom stereocenters. The van der Waals surface area contributed by atoms with Crippen LogP contribution in [-0.4, -0.2) is 82.0 Å². The van der Waals surface area contributed by atoms with Crippen LogP contribution in [0.2, 0.25) is 0 Å².